The quantitative estimate of drug-likeness (QED) is 0.00752. The number of urea groups is 1. The van der Waals surface area contributed by atoms with Crippen LogP contribution in [0.4, 0.5) is 4.79 Å². The summed E-state index contributed by atoms with van der Waals surface area (Å²) in [4.78, 5) is 103. The number of phosphoric ester groups is 2. The number of rotatable bonds is 32. The molecule has 0 saturated heterocycles. The van der Waals surface area contributed by atoms with E-state index >= 15 is 0 Å². The van der Waals surface area contributed by atoms with Crippen molar-refractivity contribution in [3.8, 4) is 59.2 Å². The molecule has 0 aliphatic heterocycles. The Kier molecular flexibility index (Phi) is 41.7. The van der Waals surface area contributed by atoms with E-state index in [-0.39, 0.29) is 124 Å². The summed E-state index contributed by atoms with van der Waals surface area (Å²) in [6, 6.07) is -2.89. The number of carbonyl (C=O) groups excluding carboxylic acids is 7. The molecule has 0 aromatic carbocycles. The fourth-order valence-electron chi connectivity index (χ4n) is 4.38. The van der Waals surface area contributed by atoms with E-state index in [0.29, 0.717) is 6.42 Å². The van der Waals surface area contributed by atoms with Crippen molar-refractivity contribution in [3.63, 3.8) is 0 Å². The van der Waals surface area contributed by atoms with Gasteiger partial charge in [-0.2, -0.15) is 0 Å². The summed E-state index contributed by atoms with van der Waals surface area (Å²) < 4.78 is 65.6. The van der Waals surface area contributed by atoms with Gasteiger partial charge in [-0.25, -0.2) is 13.9 Å². The molecule has 68 heavy (non-hydrogen) atoms. The van der Waals surface area contributed by atoms with Crippen LogP contribution >= 0.6 is 15.6 Å². The molecule has 0 saturated carbocycles. The Morgan fingerprint density at radius 1 is 0.588 bits per heavy atom. The van der Waals surface area contributed by atoms with E-state index in [1.165, 1.54) is 20.8 Å². The molecule has 0 spiro atoms. The van der Waals surface area contributed by atoms with E-state index in [1.807, 2.05) is 0 Å². The summed E-state index contributed by atoms with van der Waals surface area (Å²) in [6.45, 7) is 5.38. The van der Waals surface area contributed by atoms with Crippen molar-refractivity contribution >= 4 is 57.0 Å². The van der Waals surface area contributed by atoms with Gasteiger partial charge in [0.2, 0.25) is 17.6 Å². The second kappa shape index (κ2) is 41.2. The zero-order valence-corrected chi connectivity index (χ0v) is 45.2. The van der Waals surface area contributed by atoms with E-state index < -0.39 is 121 Å². The smallest absolute Gasteiger partial charge is 1.00 e. The van der Waals surface area contributed by atoms with E-state index in [9.17, 15) is 52.5 Å². The van der Waals surface area contributed by atoms with E-state index in [4.69, 9.17) is 37.0 Å². The van der Waals surface area contributed by atoms with E-state index in [2.05, 4.69) is 80.5 Å². The van der Waals surface area contributed by atoms with Crippen molar-refractivity contribution in [2.75, 3.05) is 65.9 Å². The summed E-state index contributed by atoms with van der Waals surface area (Å²) in [7, 11) is -9.52. The maximum Gasteiger partial charge on any atom is 1.00 e. The maximum atomic E-state index is 12.6. The number of carbonyl (C=O) groups is 7. The second-order valence-electron chi connectivity index (χ2n) is 13.3. The summed E-state index contributed by atoms with van der Waals surface area (Å²) in [5.74, 6) is 20.1. The monoisotopic (exact) mass is 1040 g/mol. The average Bonchev–Trinajstić information content (AvgIpc) is 3.20. The van der Waals surface area contributed by atoms with Gasteiger partial charge in [-0.3, -0.25) is 46.9 Å². The third kappa shape index (κ3) is 43.7. The predicted molar refractivity (Wildman–Crippen MR) is 257 cm³/mol. The summed E-state index contributed by atoms with van der Waals surface area (Å²) in [5.41, 5.74) is 0. The van der Waals surface area contributed by atoms with Gasteiger partial charge in [0.15, 0.2) is 0 Å². The molecule has 0 aliphatic carbocycles. The van der Waals surface area contributed by atoms with Crippen molar-refractivity contribution in [1.29, 1.82) is 0 Å². The Morgan fingerprint density at radius 3 is 1.38 bits per heavy atom. The minimum absolute atomic E-state index is 0. The Bertz CT molecular complexity index is 2120. The SMILES string of the molecule is CC#CC#CC#CC#CC#CC(=O)CC(=O)N[C@H](COCC[C@@H](C)OC(C)=O)COP(=O)(O)OCCNC(=O)NCCOP(=O)(O)OC[C@@H](COCC[C@@H](C)OC(C)=O)NC(=O)CC(C)=O.[H-].[H-].[HH].[HH].[HH].[HH].[HH].[HH].[HH].[HH].[HH].[HH].[HH].[Na+].[Na+]. The number of hydrogen-bond acceptors (Lipinski definition) is 17. The third-order valence-electron chi connectivity index (χ3n) is 7.10. The normalized spacial score (nSPS) is 13.3. The molecule has 390 valence electrons. The van der Waals surface area contributed by atoms with Crippen LogP contribution in [0.3, 0.4) is 0 Å². The van der Waals surface area contributed by atoms with Gasteiger partial charge in [-0.05, 0) is 81.0 Å². The Morgan fingerprint density at radius 2 is 0.985 bits per heavy atom. The summed E-state index contributed by atoms with van der Waals surface area (Å²) in [5, 5.41) is 9.50. The number of ether oxygens (including phenoxy) is 4. The molecule has 0 radical (unpaired) electrons. The van der Waals surface area contributed by atoms with E-state index in [0.717, 1.165) is 0 Å². The Hall–Kier alpha value is -3.57. The second-order valence-corrected chi connectivity index (χ2v) is 16.2. The molecule has 0 bridgehead atoms. The molecule has 2 unspecified atom stereocenters. The topological polar surface area (TPSA) is 316 Å². The van der Waals surface area contributed by atoms with Crippen LogP contribution in [0.5, 0.6) is 0 Å². The number of ketones is 2. The Balaban J connectivity index is -0.000000201. The summed E-state index contributed by atoms with van der Waals surface area (Å²) in [6.07, 6.45) is -1.50. The number of Topliss-reactive ketones (excluding diaryl/α,β-unsaturated/α-hetero) is 2. The van der Waals surface area contributed by atoms with Crippen LogP contribution in [0, 0.1) is 59.2 Å². The zero-order valence-electron chi connectivity index (χ0n) is 41.4. The first-order valence-electron chi connectivity index (χ1n) is 19.9. The van der Waals surface area contributed by atoms with Crippen molar-refractivity contribution < 1.29 is 167 Å². The predicted octanol–water partition coefficient (Wildman–Crippen LogP) is -2.85. The molecule has 4 amide bonds. The zero-order chi connectivity index (χ0) is 49.8. The van der Waals surface area contributed by atoms with Gasteiger partial charge in [-0.1, -0.05) is 5.92 Å². The Labute approximate surface area is 459 Å². The fraction of sp³-hybridized carbons (Fsp3) is 0.585. The van der Waals surface area contributed by atoms with Gasteiger partial charge in [0.05, 0.1) is 77.8 Å². The van der Waals surface area contributed by atoms with Crippen molar-refractivity contribution in [2.24, 2.45) is 0 Å². The third-order valence-corrected chi connectivity index (χ3v) is 9.07. The first kappa shape index (κ1) is 68.7. The first-order valence-corrected chi connectivity index (χ1v) is 22.9. The molecule has 27 heteroatoms. The van der Waals surface area contributed by atoms with Crippen molar-refractivity contribution in [1.82, 2.24) is 21.3 Å². The number of amides is 4. The molecule has 6 N–H and O–H groups in total. The number of phosphoric acid groups is 2. The minimum atomic E-state index is -4.79. The van der Waals surface area contributed by atoms with Crippen LogP contribution in [0.2, 0.25) is 0 Å². The molecular weight excluding hydrogens is 960 g/mol. The van der Waals surface area contributed by atoms with Gasteiger partial charge < -0.3 is 52.9 Å². The fourth-order valence-corrected chi connectivity index (χ4v) is 5.91. The average molecular weight is 1040 g/mol. The molecule has 0 aliphatic rings. The standard InChI is InChI=1S/C41H56N4O19P2.2Na.11H2.2H/c1-7-8-9-10-11-12-13-14-15-16-38(49)26-40(51)45-37(28-58-22-18-33(4)64-35(6)48)30-62-66(55,56)60-24-20-43-41(52)42-19-23-59-65(53,54)61-29-36(44-39(50)25-31(2)46)27-57-21-17-32(3)63-34(5)47;;;;;;;;;;;;;;;/h32-33,36-37H,17-30H2,1-6H3,(H,44,50)(H,45,51)(H,53,54)(H,55,56)(H2,42,43,52);;;11*1H;;/q;2*+1;;;;;;;;;;;;2*-1/t32-,33-,36-,37-;;;;;;;;;;;;;;;/m1.............../s1. The van der Waals surface area contributed by atoms with Crippen LogP contribution in [-0.4, -0.2) is 141 Å². The molecule has 0 rings (SSSR count). The summed E-state index contributed by atoms with van der Waals surface area (Å²) >= 11 is 0. The van der Waals surface area contributed by atoms with Gasteiger partial charge >= 0.3 is 92.7 Å². The van der Waals surface area contributed by atoms with Crippen LogP contribution in [0.15, 0.2) is 0 Å². The van der Waals surface area contributed by atoms with Gasteiger partial charge in [0.25, 0.3) is 0 Å². The van der Waals surface area contributed by atoms with Crippen LogP contribution < -0.4 is 80.4 Å². The molecular formula is C41H80N4Na2O19P2. The largest absolute Gasteiger partial charge is 1.00 e. The van der Waals surface area contributed by atoms with Crippen molar-refractivity contribution in [2.45, 2.75) is 91.5 Å². The van der Waals surface area contributed by atoms with Crippen LogP contribution in [0.1, 0.15) is 85.8 Å². The molecule has 6 atom stereocenters. The maximum absolute atomic E-state index is 12.6. The molecule has 0 aromatic heterocycles. The number of esters is 2. The van der Waals surface area contributed by atoms with E-state index in [1.54, 1.807) is 20.8 Å². The van der Waals surface area contributed by atoms with Gasteiger partial charge in [0.1, 0.15) is 18.0 Å². The van der Waals surface area contributed by atoms with Gasteiger partial charge in [0, 0.05) is 55.5 Å². The number of nitrogens with one attached hydrogen (secondary N) is 4. The van der Waals surface area contributed by atoms with Crippen LogP contribution in [0.25, 0.3) is 0 Å². The van der Waals surface area contributed by atoms with Crippen LogP contribution in [-0.2, 0) is 74.9 Å². The molecule has 0 fully saturated rings. The number of hydrogen-bond donors (Lipinski definition) is 6. The van der Waals surface area contributed by atoms with Gasteiger partial charge in [-0.15, -0.1) is 0 Å². The molecule has 23 nitrogen and oxygen atoms in total. The molecule has 0 aromatic rings. The first-order chi connectivity index (χ1) is 31.1. The van der Waals surface area contributed by atoms with Crippen molar-refractivity contribution in [3.05, 3.63) is 0 Å². The molecule has 0 heterocycles. The minimum Gasteiger partial charge on any atom is -1.00 e.